The van der Waals surface area contributed by atoms with Crippen molar-refractivity contribution < 1.29 is 4.39 Å². The largest absolute Gasteiger partial charge is 0.309 e. The summed E-state index contributed by atoms with van der Waals surface area (Å²) >= 11 is 0. The number of benzene rings is 2. The fourth-order valence-corrected chi connectivity index (χ4v) is 3.05. The van der Waals surface area contributed by atoms with Gasteiger partial charge in [-0.25, -0.2) is 4.39 Å². The number of hydrogen-bond acceptors (Lipinski definition) is 1. The third kappa shape index (κ3) is 2.48. The van der Waals surface area contributed by atoms with E-state index in [0.29, 0.717) is 5.92 Å². The van der Waals surface area contributed by atoms with Crippen LogP contribution in [0.3, 0.4) is 0 Å². The third-order valence-corrected chi connectivity index (χ3v) is 4.32. The molecule has 0 saturated heterocycles. The summed E-state index contributed by atoms with van der Waals surface area (Å²) in [5.41, 5.74) is 3.69. The Morgan fingerprint density at radius 3 is 2.55 bits per heavy atom. The zero-order chi connectivity index (χ0) is 13.9. The van der Waals surface area contributed by atoms with Gasteiger partial charge in [-0.1, -0.05) is 42.8 Å². The molecule has 1 saturated carbocycles. The summed E-state index contributed by atoms with van der Waals surface area (Å²) < 4.78 is 13.5. The molecule has 2 aromatic carbocycles. The maximum Gasteiger partial charge on any atom is 0.123 e. The predicted molar refractivity (Wildman–Crippen MR) is 80.3 cm³/mol. The van der Waals surface area contributed by atoms with Crippen molar-refractivity contribution in [2.75, 3.05) is 7.05 Å². The zero-order valence-corrected chi connectivity index (χ0v) is 11.8. The summed E-state index contributed by atoms with van der Waals surface area (Å²) in [6.07, 6.45) is 3.87. The van der Waals surface area contributed by atoms with Gasteiger partial charge in [0.1, 0.15) is 5.82 Å². The lowest BCUT2D eigenvalue weighted by molar-refractivity contribution is 0.415. The summed E-state index contributed by atoms with van der Waals surface area (Å²) in [5, 5.41) is 3.34. The average Bonchev–Trinajstić information content (AvgIpc) is 2.40. The van der Waals surface area contributed by atoms with Gasteiger partial charge in [0.15, 0.2) is 0 Å². The van der Waals surface area contributed by atoms with Gasteiger partial charge >= 0.3 is 0 Å². The molecule has 1 N–H and O–H groups in total. The van der Waals surface area contributed by atoms with Crippen molar-refractivity contribution in [1.82, 2.24) is 5.32 Å². The summed E-state index contributed by atoms with van der Waals surface area (Å²) in [6, 6.07) is 15.5. The minimum absolute atomic E-state index is 0.0579. The van der Waals surface area contributed by atoms with E-state index in [2.05, 4.69) is 29.6 Å². The van der Waals surface area contributed by atoms with Gasteiger partial charge in [-0.15, -0.1) is 0 Å². The van der Waals surface area contributed by atoms with E-state index in [1.165, 1.54) is 36.5 Å². The molecule has 1 aliphatic carbocycles. The van der Waals surface area contributed by atoms with Crippen molar-refractivity contribution in [3.63, 3.8) is 0 Å². The molecular weight excluding hydrogens is 249 g/mol. The van der Waals surface area contributed by atoms with E-state index in [0.717, 1.165) is 5.56 Å². The van der Waals surface area contributed by atoms with Gasteiger partial charge in [-0.3, -0.25) is 0 Å². The summed E-state index contributed by atoms with van der Waals surface area (Å²) in [6.45, 7) is 0. The van der Waals surface area contributed by atoms with Crippen LogP contribution in [0.5, 0.6) is 0 Å². The molecule has 0 aliphatic heterocycles. The Balaban J connectivity index is 2.01. The molecule has 0 bridgehead atoms. The molecule has 20 heavy (non-hydrogen) atoms. The third-order valence-electron chi connectivity index (χ3n) is 4.32. The monoisotopic (exact) mass is 269 g/mol. The molecular formula is C18H20FN. The molecule has 3 rings (SSSR count). The quantitative estimate of drug-likeness (QED) is 0.867. The van der Waals surface area contributed by atoms with Gasteiger partial charge in [-0.05, 0) is 54.6 Å². The zero-order valence-electron chi connectivity index (χ0n) is 11.8. The van der Waals surface area contributed by atoms with Crippen LogP contribution in [0.2, 0.25) is 0 Å². The van der Waals surface area contributed by atoms with Crippen LogP contribution >= 0.6 is 0 Å². The molecule has 2 heteroatoms. The van der Waals surface area contributed by atoms with Crippen LogP contribution in [-0.4, -0.2) is 7.05 Å². The molecule has 2 aromatic rings. The van der Waals surface area contributed by atoms with Gasteiger partial charge in [0.2, 0.25) is 0 Å². The van der Waals surface area contributed by atoms with E-state index in [9.17, 15) is 4.39 Å². The van der Waals surface area contributed by atoms with Gasteiger partial charge in [0.25, 0.3) is 0 Å². The van der Waals surface area contributed by atoms with E-state index in [-0.39, 0.29) is 11.9 Å². The van der Waals surface area contributed by atoms with E-state index >= 15 is 0 Å². The lowest BCUT2D eigenvalue weighted by Gasteiger charge is -2.30. The van der Waals surface area contributed by atoms with Crippen LogP contribution in [-0.2, 0) is 0 Å². The number of halogens is 1. The Morgan fingerprint density at radius 1 is 1.10 bits per heavy atom. The Morgan fingerprint density at radius 2 is 1.90 bits per heavy atom. The first-order valence-corrected chi connectivity index (χ1v) is 7.31. The van der Waals surface area contributed by atoms with Gasteiger partial charge < -0.3 is 5.32 Å². The average molecular weight is 269 g/mol. The minimum Gasteiger partial charge on any atom is -0.309 e. The Labute approximate surface area is 119 Å². The fourth-order valence-electron chi connectivity index (χ4n) is 3.05. The van der Waals surface area contributed by atoms with Crippen molar-refractivity contribution in [3.8, 4) is 0 Å². The smallest absolute Gasteiger partial charge is 0.123 e. The Bertz CT molecular complexity index is 589. The molecule has 104 valence electrons. The van der Waals surface area contributed by atoms with Crippen molar-refractivity contribution in [1.29, 1.82) is 0 Å². The van der Waals surface area contributed by atoms with Crippen LogP contribution in [0.25, 0.3) is 0 Å². The molecule has 0 radical (unpaired) electrons. The second kappa shape index (κ2) is 5.76. The fraction of sp³-hybridized carbons (Fsp3) is 0.333. The first-order valence-electron chi connectivity index (χ1n) is 7.31. The van der Waals surface area contributed by atoms with Gasteiger partial charge in [-0.2, -0.15) is 0 Å². The van der Waals surface area contributed by atoms with Crippen LogP contribution in [0.1, 0.15) is 47.9 Å². The maximum absolute atomic E-state index is 13.5. The van der Waals surface area contributed by atoms with Crippen LogP contribution in [0.15, 0.2) is 48.5 Å². The standard InChI is InChI=1S/C18H20FN/c1-20-18(14-8-5-9-15(19)12-14)17-11-3-2-10-16(17)13-6-4-7-13/h2-3,5,8-13,18,20H,4,6-7H2,1H3. The van der Waals surface area contributed by atoms with Crippen LogP contribution in [0, 0.1) is 5.82 Å². The highest BCUT2D eigenvalue weighted by atomic mass is 19.1. The minimum atomic E-state index is -0.177. The molecule has 0 spiro atoms. The molecule has 1 nitrogen and oxygen atoms in total. The topological polar surface area (TPSA) is 12.0 Å². The van der Waals surface area contributed by atoms with Crippen molar-refractivity contribution in [3.05, 3.63) is 71.0 Å². The molecule has 0 amide bonds. The van der Waals surface area contributed by atoms with Crippen LogP contribution in [0.4, 0.5) is 4.39 Å². The molecule has 1 unspecified atom stereocenters. The normalized spacial score (nSPS) is 16.7. The highest BCUT2D eigenvalue weighted by molar-refractivity contribution is 5.40. The Kier molecular flexibility index (Phi) is 3.83. The van der Waals surface area contributed by atoms with E-state index < -0.39 is 0 Å². The summed E-state index contributed by atoms with van der Waals surface area (Å²) in [7, 11) is 1.94. The number of nitrogens with one attached hydrogen (secondary N) is 1. The van der Waals surface area contributed by atoms with Gasteiger partial charge in [0.05, 0.1) is 6.04 Å². The molecule has 1 aliphatic rings. The Hall–Kier alpha value is -1.67. The molecule has 1 atom stereocenters. The van der Waals surface area contributed by atoms with E-state index in [1.54, 1.807) is 12.1 Å². The van der Waals surface area contributed by atoms with E-state index in [4.69, 9.17) is 0 Å². The second-order valence-electron chi connectivity index (χ2n) is 5.53. The lowest BCUT2D eigenvalue weighted by atomic mass is 9.76. The second-order valence-corrected chi connectivity index (χ2v) is 5.53. The number of hydrogen-bond donors (Lipinski definition) is 1. The van der Waals surface area contributed by atoms with Gasteiger partial charge in [0, 0.05) is 0 Å². The van der Waals surface area contributed by atoms with Crippen molar-refractivity contribution in [2.45, 2.75) is 31.2 Å². The first-order chi connectivity index (χ1) is 9.79. The number of rotatable bonds is 4. The van der Waals surface area contributed by atoms with Crippen LogP contribution < -0.4 is 5.32 Å². The molecule has 0 aromatic heterocycles. The lowest BCUT2D eigenvalue weighted by Crippen LogP contribution is -2.21. The maximum atomic E-state index is 13.5. The SMILES string of the molecule is CNC(c1cccc(F)c1)c1ccccc1C1CCC1. The molecule has 1 fully saturated rings. The highest BCUT2D eigenvalue weighted by Gasteiger charge is 2.25. The van der Waals surface area contributed by atoms with E-state index in [1.807, 2.05) is 13.1 Å². The first kappa shape index (κ1) is 13.3. The molecule has 0 heterocycles. The summed E-state index contributed by atoms with van der Waals surface area (Å²) in [5.74, 6) is 0.500. The van der Waals surface area contributed by atoms with Crippen molar-refractivity contribution >= 4 is 0 Å². The summed E-state index contributed by atoms with van der Waals surface area (Å²) in [4.78, 5) is 0. The highest BCUT2D eigenvalue weighted by Crippen LogP contribution is 2.40. The van der Waals surface area contributed by atoms with Crippen molar-refractivity contribution in [2.24, 2.45) is 0 Å². The predicted octanol–water partition coefficient (Wildman–Crippen LogP) is 4.40.